The summed E-state index contributed by atoms with van der Waals surface area (Å²) in [6.45, 7) is 3.01. The molecular formula is C18H21BrFN. The molecule has 0 spiro atoms. The van der Waals surface area contributed by atoms with Gasteiger partial charge in [-0.05, 0) is 74.2 Å². The molecule has 0 fully saturated rings. The molecular weight excluding hydrogens is 329 g/mol. The molecule has 21 heavy (non-hydrogen) atoms. The first-order valence-corrected chi connectivity index (χ1v) is 8.02. The number of aryl methyl sites for hydroxylation is 1. The van der Waals surface area contributed by atoms with Crippen LogP contribution in [0.4, 0.5) is 4.39 Å². The van der Waals surface area contributed by atoms with Crippen molar-refractivity contribution in [3.8, 4) is 0 Å². The van der Waals surface area contributed by atoms with Crippen molar-refractivity contribution in [2.24, 2.45) is 5.92 Å². The summed E-state index contributed by atoms with van der Waals surface area (Å²) in [6.07, 6.45) is 1.69. The van der Waals surface area contributed by atoms with Gasteiger partial charge in [-0.25, -0.2) is 4.39 Å². The van der Waals surface area contributed by atoms with Crippen LogP contribution in [0.3, 0.4) is 0 Å². The number of halogens is 2. The van der Waals surface area contributed by atoms with Gasteiger partial charge in [-0.3, -0.25) is 0 Å². The quantitative estimate of drug-likeness (QED) is 0.808. The van der Waals surface area contributed by atoms with Crippen LogP contribution in [0.2, 0.25) is 0 Å². The molecule has 1 unspecified atom stereocenters. The summed E-state index contributed by atoms with van der Waals surface area (Å²) in [4.78, 5) is 0. The molecule has 2 aromatic rings. The first-order valence-electron chi connectivity index (χ1n) is 7.23. The molecule has 3 heteroatoms. The Balaban J connectivity index is 2.16. The van der Waals surface area contributed by atoms with E-state index < -0.39 is 0 Å². The van der Waals surface area contributed by atoms with Gasteiger partial charge in [0, 0.05) is 4.47 Å². The third-order valence-electron chi connectivity index (χ3n) is 3.78. The summed E-state index contributed by atoms with van der Waals surface area (Å²) < 4.78 is 14.9. The summed E-state index contributed by atoms with van der Waals surface area (Å²) in [5.41, 5.74) is 3.42. The molecule has 0 bridgehead atoms. The zero-order valence-corrected chi connectivity index (χ0v) is 14.1. The molecule has 1 N–H and O–H groups in total. The van der Waals surface area contributed by atoms with E-state index in [0.29, 0.717) is 5.92 Å². The van der Waals surface area contributed by atoms with E-state index in [1.165, 1.54) is 17.2 Å². The summed E-state index contributed by atoms with van der Waals surface area (Å²) >= 11 is 3.42. The SMILES string of the molecule is CNCC(Cc1ccccc1C)Cc1cc(Br)ccc1F. The van der Waals surface area contributed by atoms with Crippen LogP contribution in [0.25, 0.3) is 0 Å². The Hall–Kier alpha value is -1.19. The Kier molecular flexibility index (Phi) is 5.95. The second kappa shape index (κ2) is 7.71. The number of hydrogen-bond acceptors (Lipinski definition) is 1. The summed E-state index contributed by atoms with van der Waals surface area (Å²) in [5.74, 6) is 0.254. The van der Waals surface area contributed by atoms with Gasteiger partial charge >= 0.3 is 0 Å². The molecule has 0 aromatic heterocycles. The highest BCUT2D eigenvalue weighted by Crippen LogP contribution is 2.21. The lowest BCUT2D eigenvalue weighted by Gasteiger charge is -2.18. The second-order valence-electron chi connectivity index (χ2n) is 5.49. The van der Waals surface area contributed by atoms with Crippen molar-refractivity contribution >= 4 is 15.9 Å². The van der Waals surface area contributed by atoms with Gasteiger partial charge in [-0.1, -0.05) is 40.2 Å². The van der Waals surface area contributed by atoms with Crippen LogP contribution >= 0.6 is 15.9 Å². The van der Waals surface area contributed by atoms with Crippen LogP contribution in [0, 0.1) is 18.7 Å². The first kappa shape index (κ1) is 16.2. The smallest absolute Gasteiger partial charge is 0.126 e. The van der Waals surface area contributed by atoms with Crippen molar-refractivity contribution in [2.75, 3.05) is 13.6 Å². The Morgan fingerprint density at radius 2 is 1.81 bits per heavy atom. The summed E-state index contributed by atoms with van der Waals surface area (Å²) in [7, 11) is 1.95. The molecule has 0 aliphatic heterocycles. The van der Waals surface area contributed by atoms with E-state index in [1.54, 1.807) is 6.07 Å². The number of hydrogen-bond donors (Lipinski definition) is 1. The maximum atomic E-state index is 13.9. The van der Waals surface area contributed by atoms with Crippen LogP contribution in [0.15, 0.2) is 46.9 Å². The molecule has 2 aromatic carbocycles. The van der Waals surface area contributed by atoms with Gasteiger partial charge in [0.2, 0.25) is 0 Å². The van der Waals surface area contributed by atoms with Crippen LogP contribution < -0.4 is 5.32 Å². The van der Waals surface area contributed by atoms with E-state index in [4.69, 9.17) is 0 Å². The van der Waals surface area contributed by atoms with Crippen molar-refractivity contribution in [1.82, 2.24) is 5.32 Å². The van der Waals surface area contributed by atoms with Gasteiger partial charge < -0.3 is 5.32 Å². The zero-order chi connectivity index (χ0) is 15.2. The van der Waals surface area contributed by atoms with E-state index in [9.17, 15) is 4.39 Å². The molecule has 0 radical (unpaired) electrons. The monoisotopic (exact) mass is 349 g/mol. The molecule has 0 aliphatic carbocycles. The highest BCUT2D eigenvalue weighted by atomic mass is 79.9. The minimum absolute atomic E-state index is 0.121. The number of nitrogens with one attached hydrogen (secondary N) is 1. The fourth-order valence-electron chi connectivity index (χ4n) is 2.67. The minimum atomic E-state index is -0.121. The van der Waals surface area contributed by atoms with Crippen molar-refractivity contribution in [2.45, 2.75) is 19.8 Å². The third-order valence-corrected chi connectivity index (χ3v) is 4.27. The van der Waals surface area contributed by atoms with Crippen LogP contribution in [-0.4, -0.2) is 13.6 Å². The van der Waals surface area contributed by atoms with Crippen molar-refractivity contribution in [3.05, 3.63) is 69.4 Å². The molecule has 2 rings (SSSR count). The van der Waals surface area contributed by atoms with Crippen LogP contribution in [0.1, 0.15) is 16.7 Å². The fraction of sp³-hybridized carbons (Fsp3) is 0.333. The normalized spacial score (nSPS) is 12.4. The van der Waals surface area contributed by atoms with Gasteiger partial charge in [0.25, 0.3) is 0 Å². The van der Waals surface area contributed by atoms with Crippen LogP contribution in [-0.2, 0) is 12.8 Å². The summed E-state index contributed by atoms with van der Waals surface area (Å²) in [6, 6.07) is 13.6. The van der Waals surface area contributed by atoms with Crippen molar-refractivity contribution < 1.29 is 4.39 Å². The topological polar surface area (TPSA) is 12.0 Å². The number of benzene rings is 2. The molecule has 0 aliphatic rings. The lowest BCUT2D eigenvalue weighted by molar-refractivity contribution is 0.479. The van der Waals surface area contributed by atoms with Crippen LogP contribution in [0.5, 0.6) is 0 Å². The fourth-order valence-corrected chi connectivity index (χ4v) is 3.07. The van der Waals surface area contributed by atoms with Gasteiger partial charge in [0.15, 0.2) is 0 Å². The molecule has 0 saturated heterocycles. The van der Waals surface area contributed by atoms with Gasteiger partial charge in [0.05, 0.1) is 0 Å². The molecule has 0 heterocycles. The Morgan fingerprint density at radius 1 is 1.10 bits per heavy atom. The van der Waals surface area contributed by atoms with E-state index in [2.05, 4.69) is 52.4 Å². The lowest BCUT2D eigenvalue weighted by atomic mass is 9.90. The van der Waals surface area contributed by atoms with E-state index in [1.807, 2.05) is 13.1 Å². The average molecular weight is 350 g/mol. The molecule has 0 saturated carbocycles. The lowest BCUT2D eigenvalue weighted by Crippen LogP contribution is -2.23. The maximum absolute atomic E-state index is 13.9. The average Bonchev–Trinajstić information content (AvgIpc) is 2.45. The molecule has 112 valence electrons. The number of rotatable bonds is 6. The highest BCUT2D eigenvalue weighted by molar-refractivity contribution is 9.10. The molecule has 1 atom stereocenters. The van der Waals surface area contributed by atoms with E-state index in [0.717, 1.165) is 29.4 Å². The largest absolute Gasteiger partial charge is 0.319 e. The van der Waals surface area contributed by atoms with E-state index in [-0.39, 0.29) is 5.82 Å². The van der Waals surface area contributed by atoms with E-state index >= 15 is 0 Å². The minimum Gasteiger partial charge on any atom is -0.319 e. The predicted molar refractivity (Wildman–Crippen MR) is 90.1 cm³/mol. The second-order valence-corrected chi connectivity index (χ2v) is 6.41. The Bertz CT molecular complexity index is 598. The maximum Gasteiger partial charge on any atom is 0.126 e. The van der Waals surface area contributed by atoms with Gasteiger partial charge in [-0.15, -0.1) is 0 Å². The Labute approximate surface area is 134 Å². The van der Waals surface area contributed by atoms with Gasteiger partial charge in [-0.2, -0.15) is 0 Å². The van der Waals surface area contributed by atoms with Crippen molar-refractivity contribution in [1.29, 1.82) is 0 Å². The summed E-state index contributed by atoms with van der Waals surface area (Å²) in [5, 5.41) is 3.23. The predicted octanol–water partition coefficient (Wildman–Crippen LogP) is 4.52. The highest BCUT2D eigenvalue weighted by Gasteiger charge is 2.14. The first-order chi connectivity index (χ1) is 10.1. The van der Waals surface area contributed by atoms with Gasteiger partial charge in [0.1, 0.15) is 5.82 Å². The zero-order valence-electron chi connectivity index (χ0n) is 12.5. The third kappa shape index (κ3) is 4.65. The molecule has 0 amide bonds. The Morgan fingerprint density at radius 3 is 2.52 bits per heavy atom. The van der Waals surface area contributed by atoms with Crippen molar-refractivity contribution in [3.63, 3.8) is 0 Å². The molecule has 1 nitrogen and oxygen atoms in total. The standard InChI is InChI=1S/C18H21BrFN/c1-13-5-3-4-6-15(13)9-14(12-21-2)10-16-11-17(19)7-8-18(16)20/h3-8,11,14,21H,9-10,12H2,1-2H3.